The monoisotopic (exact) mass is 340 g/mol. The summed E-state index contributed by atoms with van der Waals surface area (Å²) in [5.74, 6) is -0.156. The van der Waals surface area contributed by atoms with Gasteiger partial charge in [0.1, 0.15) is 6.04 Å². The third-order valence-corrected chi connectivity index (χ3v) is 4.55. The van der Waals surface area contributed by atoms with Gasteiger partial charge in [0, 0.05) is 22.8 Å². The highest BCUT2D eigenvalue weighted by Gasteiger charge is 2.36. The maximum atomic E-state index is 12.3. The molecule has 22 heavy (non-hydrogen) atoms. The minimum atomic E-state index is -0.832. The number of nitrogens with zero attached hydrogens (tertiary/aromatic N) is 1. The van der Waals surface area contributed by atoms with E-state index >= 15 is 0 Å². The van der Waals surface area contributed by atoms with Crippen LogP contribution in [-0.4, -0.2) is 34.4 Å². The van der Waals surface area contributed by atoms with E-state index in [1.54, 1.807) is 30.8 Å². The molecule has 1 atom stereocenters. The van der Waals surface area contributed by atoms with Gasteiger partial charge in [-0.1, -0.05) is 18.5 Å². The first-order valence-electron chi connectivity index (χ1n) is 7.02. The van der Waals surface area contributed by atoms with Crippen molar-refractivity contribution in [3.63, 3.8) is 0 Å². The second-order valence-corrected chi connectivity index (χ2v) is 6.64. The largest absolute Gasteiger partial charge is 0.323 e. The van der Waals surface area contributed by atoms with Crippen LogP contribution >= 0.6 is 23.4 Å². The molecule has 0 radical (unpaired) electrons. The Morgan fingerprint density at radius 3 is 2.59 bits per heavy atom. The van der Waals surface area contributed by atoms with Gasteiger partial charge in [-0.15, -0.1) is 11.8 Å². The van der Waals surface area contributed by atoms with Gasteiger partial charge in [-0.05, 0) is 30.9 Å². The molecule has 2 rings (SSSR count). The second kappa shape index (κ2) is 7.15. The fourth-order valence-corrected chi connectivity index (χ4v) is 3.17. The number of hydrogen-bond acceptors (Lipinski definition) is 4. The van der Waals surface area contributed by atoms with Crippen LogP contribution in [0.25, 0.3) is 0 Å². The van der Waals surface area contributed by atoms with E-state index in [4.69, 9.17) is 11.6 Å². The number of nitrogens with one attached hydrogen (secondary N) is 1. The number of rotatable bonds is 5. The number of thioether (sulfide) groups is 1. The van der Waals surface area contributed by atoms with Crippen LogP contribution in [0.3, 0.4) is 0 Å². The number of likely N-dealkylation sites (tertiary alicyclic amines) is 1. The molecule has 0 bridgehead atoms. The van der Waals surface area contributed by atoms with Crippen LogP contribution in [0.4, 0.5) is 5.69 Å². The zero-order chi connectivity index (χ0) is 16.3. The summed E-state index contributed by atoms with van der Waals surface area (Å²) in [5.41, 5.74) is 0.593. The van der Waals surface area contributed by atoms with Crippen LogP contribution in [-0.2, 0) is 14.4 Å². The van der Waals surface area contributed by atoms with E-state index < -0.39 is 11.9 Å². The van der Waals surface area contributed by atoms with Gasteiger partial charge in [0.25, 0.3) is 0 Å². The molecule has 5 nitrogen and oxygen atoms in total. The predicted molar refractivity (Wildman–Crippen MR) is 87.0 cm³/mol. The number of amides is 3. The molecule has 1 N–H and O–H groups in total. The van der Waals surface area contributed by atoms with Crippen LogP contribution in [0, 0.1) is 0 Å². The Morgan fingerprint density at radius 1 is 1.36 bits per heavy atom. The lowest BCUT2D eigenvalue weighted by Gasteiger charge is -2.22. The smallest absolute Gasteiger partial charge is 0.247 e. The Labute approximate surface area is 138 Å². The molecule has 0 saturated carbocycles. The highest BCUT2D eigenvalue weighted by atomic mass is 35.5. The second-order valence-electron chi connectivity index (χ2n) is 4.90. The normalized spacial score (nSPS) is 16.0. The number of carbonyl (C=O) groups excluding carboxylic acids is 3. The highest BCUT2D eigenvalue weighted by molar-refractivity contribution is 7.99. The van der Waals surface area contributed by atoms with Crippen LogP contribution in [0.2, 0.25) is 5.02 Å². The summed E-state index contributed by atoms with van der Waals surface area (Å²) in [6, 6.07) is 4.42. The number of halogens is 1. The molecule has 0 aliphatic carbocycles. The van der Waals surface area contributed by atoms with E-state index in [2.05, 4.69) is 5.32 Å². The van der Waals surface area contributed by atoms with E-state index in [1.807, 2.05) is 13.0 Å². The van der Waals surface area contributed by atoms with Gasteiger partial charge in [-0.25, -0.2) is 0 Å². The first kappa shape index (κ1) is 16.8. The standard InChI is InChI=1S/C15H17ClN2O3S/c1-3-22-12-5-4-10(16)8-11(12)17-15(21)9(2)18-13(19)6-7-14(18)20/h4-5,8-9H,3,6-7H2,1-2H3,(H,17,21)/t9-/m1/s1. The van der Waals surface area contributed by atoms with Crippen molar-refractivity contribution in [2.24, 2.45) is 0 Å². The maximum Gasteiger partial charge on any atom is 0.247 e. The van der Waals surface area contributed by atoms with Crippen molar-refractivity contribution in [3.05, 3.63) is 23.2 Å². The average Bonchev–Trinajstić information content (AvgIpc) is 2.80. The Hall–Kier alpha value is -1.53. The molecule has 0 aromatic heterocycles. The molecule has 1 aliphatic rings. The molecule has 1 aromatic carbocycles. The number of imide groups is 1. The van der Waals surface area contributed by atoms with Crippen LogP contribution in [0.1, 0.15) is 26.7 Å². The van der Waals surface area contributed by atoms with Gasteiger partial charge >= 0.3 is 0 Å². The van der Waals surface area contributed by atoms with Crippen molar-refractivity contribution in [1.29, 1.82) is 0 Å². The Balaban J connectivity index is 2.16. The summed E-state index contributed by atoms with van der Waals surface area (Å²) < 4.78 is 0. The van der Waals surface area contributed by atoms with Crippen LogP contribution < -0.4 is 5.32 Å². The minimum Gasteiger partial charge on any atom is -0.323 e. The highest BCUT2D eigenvalue weighted by Crippen LogP contribution is 2.30. The van der Waals surface area contributed by atoms with E-state index in [0.29, 0.717) is 10.7 Å². The Bertz CT molecular complexity index is 605. The fourth-order valence-electron chi connectivity index (χ4n) is 2.26. The fraction of sp³-hybridized carbons (Fsp3) is 0.400. The van der Waals surface area contributed by atoms with Gasteiger partial charge in [-0.3, -0.25) is 19.3 Å². The van der Waals surface area contributed by atoms with Crippen molar-refractivity contribution in [2.45, 2.75) is 37.6 Å². The van der Waals surface area contributed by atoms with Gasteiger partial charge in [0.15, 0.2) is 0 Å². The van der Waals surface area contributed by atoms with Crippen molar-refractivity contribution in [3.8, 4) is 0 Å². The molecular weight excluding hydrogens is 324 g/mol. The van der Waals surface area contributed by atoms with Crippen LogP contribution in [0.5, 0.6) is 0 Å². The maximum absolute atomic E-state index is 12.3. The predicted octanol–water partition coefficient (Wildman–Crippen LogP) is 2.93. The average molecular weight is 341 g/mol. The van der Waals surface area contributed by atoms with Gasteiger partial charge in [0.05, 0.1) is 5.69 Å². The first-order valence-corrected chi connectivity index (χ1v) is 8.38. The molecule has 1 saturated heterocycles. The lowest BCUT2D eigenvalue weighted by atomic mass is 10.2. The molecule has 1 aliphatic heterocycles. The molecule has 7 heteroatoms. The lowest BCUT2D eigenvalue weighted by Crippen LogP contribution is -2.45. The molecule has 0 unspecified atom stereocenters. The zero-order valence-electron chi connectivity index (χ0n) is 12.4. The first-order chi connectivity index (χ1) is 10.4. The summed E-state index contributed by atoms with van der Waals surface area (Å²) in [5, 5.41) is 3.27. The third kappa shape index (κ3) is 3.62. The Morgan fingerprint density at radius 2 is 2.00 bits per heavy atom. The quantitative estimate of drug-likeness (QED) is 0.661. The van der Waals surface area contributed by atoms with E-state index in [0.717, 1.165) is 15.5 Å². The van der Waals surface area contributed by atoms with Gasteiger partial charge < -0.3 is 5.32 Å². The number of carbonyl (C=O) groups is 3. The summed E-state index contributed by atoms with van der Waals surface area (Å²) in [6.45, 7) is 3.56. The summed E-state index contributed by atoms with van der Waals surface area (Å²) in [4.78, 5) is 37.7. The number of benzene rings is 1. The molecule has 1 heterocycles. The molecule has 3 amide bonds. The van der Waals surface area contributed by atoms with Crippen molar-refractivity contribution < 1.29 is 14.4 Å². The number of anilines is 1. The van der Waals surface area contributed by atoms with E-state index in [9.17, 15) is 14.4 Å². The molecular formula is C15H17ClN2O3S. The summed E-state index contributed by atoms with van der Waals surface area (Å²) >= 11 is 7.55. The minimum absolute atomic E-state index is 0.171. The van der Waals surface area contributed by atoms with Crippen molar-refractivity contribution in [2.75, 3.05) is 11.1 Å². The summed E-state index contributed by atoms with van der Waals surface area (Å²) in [7, 11) is 0. The van der Waals surface area contributed by atoms with Crippen molar-refractivity contribution >= 4 is 46.8 Å². The summed E-state index contributed by atoms with van der Waals surface area (Å²) in [6.07, 6.45) is 0.342. The van der Waals surface area contributed by atoms with E-state index in [1.165, 1.54) is 0 Å². The topological polar surface area (TPSA) is 66.5 Å². The number of hydrogen-bond donors (Lipinski definition) is 1. The van der Waals surface area contributed by atoms with E-state index in [-0.39, 0.29) is 24.7 Å². The third-order valence-electron chi connectivity index (χ3n) is 3.36. The molecule has 1 fully saturated rings. The molecule has 118 valence electrons. The molecule has 0 spiro atoms. The van der Waals surface area contributed by atoms with Gasteiger partial charge in [0.2, 0.25) is 17.7 Å². The SMILES string of the molecule is CCSc1ccc(Cl)cc1NC(=O)[C@@H](C)N1C(=O)CCC1=O. The molecule has 1 aromatic rings. The lowest BCUT2D eigenvalue weighted by molar-refractivity contribution is -0.144. The Kier molecular flexibility index (Phi) is 5.47. The van der Waals surface area contributed by atoms with Gasteiger partial charge in [-0.2, -0.15) is 0 Å². The van der Waals surface area contributed by atoms with Crippen LogP contribution in [0.15, 0.2) is 23.1 Å². The zero-order valence-corrected chi connectivity index (χ0v) is 14.0. The van der Waals surface area contributed by atoms with Crippen molar-refractivity contribution in [1.82, 2.24) is 4.90 Å².